The summed E-state index contributed by atoms with van der Waals surface area (Å²) in [5, 5.41) is 11.4. The molecule has 1 heterocycles. The fourth-order valence-corrected chi connectivity index (χ4v) is 3.39. The summed E-state index contributed by atoms with van der Waals surface area (Å²) in [6.45, 7) is 0. The van der Waals surface area contributed by atoms with Crippen molar-refractivity contribution in [3.05, 3.63) is 51.6 Å². The number of nitrogens with zero attached hydrogens (tertiary/aromatic N) is 2. The zero-order chi connectivity index (χ0) is 22.9. The lowest BCUT2D eigenvalue weighted by Crippen LogP contribution is -2.26. The van der Waals surface area contributed by atoms with Crippen molar-refractivity contribution in [2.24, 2.45) is 0 Å². The fourth-order valence-electron chi connectivity index (χ4n) is 3.39. The Labute approximate surface area is 177 Å². The van der Waals surface area contributed by atoms with E-state index in [1.807, 2.05) is 0 Å². The van der Waals surface area contributed by atoms with Crippen LogP contribution in [-0.4, -0.2) is 57.1 Å². The van der Waals surface area contributed by atoms with Crippen molar-refractivity contribution in [2.75, 3.05) is 35.5 Å². The SMILES string of the molecule is COc1ccc(C2=C(c3cc(OC)c(OC)c(OC)c3)C(=O)N(C)C2=O)cc1[N+](=O)[O-]. The number of benzene rings is 2. The number of ether oxygens (including phenoxy) is 4. The summed E-state index contributed by atoms with van der Waals surface area (Å²) in [6.07, 6.45) is 0. The van der Waals surface area contributed by atoms with Crippen LogP contribution in [0.15, 0.2) is 30.3 Å². The molecule has 0 spiro atoms. The number of imide groups is 1. The van der Waals surface area contributed by atoms with E-state index in [1.54, 1.807) is 12.1 Å². The first kappa shape index (κ1) is 21.6. The first-order chi connectivity index (χ1) is 14.8. The van der Waals surface area contributed by atoms with Crippen molar-refractivity contribution in [2.45, 2.75) is 0 Å². The largest absolute Gasteiger partial charge is 0.493 e. The minimum Gasteiger partial charge on any atom is -0.493 e. The van der Waals surface area contributed by atoms with Gasteiger partial charge in [-0.2, -0.15) is 0 Å². The Hall–Kier alpha value is -4.08. The van der Waals surface area contributed by atoms with Crippen molar-refractivity contribution in [3.8, 4) is 23.0 Å². The summed E-state index contributed by atoms with van der Waals surface area (Å²) in [6, 6.07) is 7.15. The molecule has 2 amide bonds. The normalized spacial score (nSPS) is 13.5. The fraction of sp³-hybridized carbons (Fsp3) is 0.238. The highest BCUT2D eigenvalue weighted by atomic mass is 16.6. The smallest absolute Gasteiger partial charge is 0.311 e. The van der Waals surface area contributed by atoms with Gasteiger partial charge in [-0.05, 0) is 35.4 Å². The molecule has 0 saturated heterocycles. The molecule has 162 valence electrons. The predicted octanol–water partition coefficient (Wildman–Crippen LogP) is 2.54. The first-order valence-corrected chi connectivity index (χ1v) is 8.98. The van der Waals surface area contributed by atoms with E-state index in [9.17, 15) is 19.7 Å². The molecule has 2 aromatic rings. The average Bonchev–Trinajstić information content (AvgIpc) is 3.01. The number of carbonyl (C=O) groups is 2. The lowest BCUT2D eigenvalue weighted by Gasteiger charge is -2.15. The number of rotatable bonds is 7. The Kier molecular flexibility index (Phi) is 5.82. The molecular weight excluding hydrogens is 408 g/mol. The van der Waals surface area contributed by atoms with E-state index in [1.165, 1.54) is 53.7 Å². The molecule has 0 bridgehead atoms. The van der Waals surface area contributed by atoms with Gasteiger partial charge < -0.3 is 18.9 Å². The molecular formula is C21H20N2O8. The topological polar surface area (TPSA) is 117 Å². The Bertz CT molecular complexity index is 1100. The quantitative estimate of drug-likeness (QED) is 0.375. The predicted molar refractivity (Wildman–Crippen MR) is 110 cm³/mol. The van der Waals surface area contributed by atoms with Crippen LogP contribution in [0.3, 0.4) is 0 Å². The number of nitro groups is 1. The molecule has 0 unspecified atom stereocenters. The van der Waals surface area contributed by atoms with Gasteiger partial charge in [0, 0.05) is 13.1 Å². The van der Waals surface area contributed by atoms with Crippen LogP contribution < -0.4 is 18.9 Å². The molecule has 10 nitrogen and oxygen atoms in total. The van der Waals surface area contributed by atoms with Gasteiger partial charge in [0.25, 0.3) is 11.8 Å². The lowest BCUT2D eigenvalue weighted by atomic mass is 9.95. The molecule has 2 aromatic carbocycles. The molecule has 1 aliphatic heterocycles. The van der Waals surface area contributed by atoms with Gasteiger partial charge >= 0.3 is 5.69 Å². The van der Waals surface area contributed by atoms with Crippen LogP contribution in [0.4, 0.5) is 5.69 Å². The number of amides is 2. The number of hydrogen-bond acceptors (Lipinski definition) is 8. The highest BCUT2D eigenvalue weighted by Gasteiger charge is 2.38. The second kappa shape index (κ2) is 8.34. The van der Waals surface area contributed by atoms with Gasteiger partial charge in [0.05, 0.1) is 44.5 Å². The standard InChI is InChI=1S/C21H20N2O8/c1-22-20(24)17(11-6-7-14(28-2)13(8-11)23(26)27)18(21(22)25)12-9-15(29-3)19(31-5)16(10-12)30-4/h6-10H,1-5H3. The molecule has 0 aromatic heterocycles. The van der Waals surface area contributed by atoms with Crippen LogP contribution in [0, 0.1) is 10.1 Å². The number of methoxy groups -OCH3 is 4. The van der Waals surface area contributed by atoms with Gasteiger partial charge in [-0.1, -0.05) is 0 Å². The molecule has 0 radical (unpaired) electrons. The van der Waals surface area contributed by atoms with Crippen LogP contribution >= 0.6 is 0 Å². The van der Waals surface area contributed by atoms with Crippen molar-refractivity contribution in [1.82, 2.24) is 4.90 Å². The Morgan fingerprint density at radius 1 is 0.774 bits per heavy atom. The van der Waals surface area contributed by atoms with Crippen LogP contribution in [0.25, 0.3) is 11.1 Å². The van der Waals surface area contributed by atoms with Gasteiger partial charge in [0.15, 0.2) is 17.2 Å². The van der Waals surface area contributed by atoms with E-state index >= 15 is 0 Å². The minimum atomic E-state index is -0.618. The molecule has 3 rings (SSSR count). The summed E-state index contributed by atoms with van der Waals surface area (Å²) in [5.74, 6) is -0.214. The number of nitro benzene ring substituents is 1. The Morgan fingerprint density at radius 3 is 1.74 bits per heavy atom. The molecule has 0 N–H and O–H groups in total. The van der Waals surface area contributed by atoms with Crippen molar-refractivity contribution in [1.29, 1.82) is 0 Å². The molecule has 0 aliphatic carbocycles. The number of likely N-dealkylation sites (N-methyl/N-ethyl adjacent to an activating group) is 1. The van der Waals surface area contributed by atoms with Crippen LogP contribution in [0.2, 0.25) is 0 Å². The maximum atomic E-state index is 13.0. The summed E-state index contributed by atoms with van der Waals surface area (Å²) < 4.78 is 21.0. The van der Waals surface area contributed by atoms with E-state index < -0.39 is 16.7 Å². The number of carbonyl (C=O) groups excluding carboxylic acids is 2. The molecule has 1 aliphatic rings. The maximum Gasteiger partial charge on any atom is 0.311 e. The molecule has 31 heavy (non-hydrogen) atoms. The zero-order valence-electron chi connectivity index (χ0n) is 17.5. The summed E-state index contributed by atoms with van der Waals surface area (Å²) in [5.41, 5.74) is 0.301. The van der Waals surface area contributed by atoms with E-state index in [0.717, 1.165) is 4.90 Å². The molecule has 10 heteroatoms. The zero-order valence-corrected chi connectivity index (χ0v) is 17.5. The van der Waals surface area contributed by atoms with Gasteiger partial charge in [-0.25, -0.2) is 0 Å². The molecule has 0 atom stereocenters. The van der Waals surface area contributed by atoms with Crippen molar-refractivity contribution < 1.29 is 33.5 Å². The average molecular weight is 428 g/mol. The van der Waals surface area contributed by atoms with Crippen LogP contribution in [0.1, 0.15) is 11.1 Å². The van der Waals surface area contributed by atoms with Gasteiger partial charge in [0.1, 0.15) is 0 Å². The maximum absolute atomic E-state index is 13.0. The second-order valence-corrected chi connectivity index (χ2v) is 6.48. The number of hydrogen-bond donors (Lipinski definition) is 0. The third-order valence-corrected chi connectivity index (χ3v) is 4.90. The molecule has 0 saturated carbocycles. The highest BCUT2D eigenvalue weighted by molar-refractivity contribution is 6.49. The summed E-state index contributed by atoms with van der Waals surface area (Å²) in [7, 11) is 6.95. The molecule has 0 fully saturated rings. The Balaban J connectivity index is 2.33. The highest BCUT2D eigenvalue weighted by Crippen LogP contribution is 2.44. The summed E-state index contributed by atoms with van der Waals surface area (Å²) in [4.78, 5) is 37.7. The lowest BCUT2D eigenvalue weighted by molar-refractivity contribution is -0.385. The van der Waals surface area contributed by atoms with E-state index in [4.69, 9.17) is 18.9 Å². The summed E-state index contributed by atoms with van der Waals surface area (Å²) >= 11 is 0. The first-order valence-electron chi connectivity index (χ1n) is 8.98. The van der Waals surface area contributed by atoms with Gasteiger partial charge in [-0.3, -0.25) is 24.6 Å². The minimum absolute atomic E-state index is 0.0209. The third-order valence-electron chi connectivity index (χ3n) is 4.90. The van der Waals surface area contributed by atoms with Crippen LogP contribution in [0.5, 0.6) is 23.0 Å². The van der Waals surface area contributed by atoms with E-state index in [-0.39, 0.29) is 28.1 Å². The van der Waals surface area contributed by atoms with Crippen LogP contribution in [-0.2, 0) is 9.59 Å². The van der Waals surface area contributed by atoms with Crippen molar-refractivity contribution in [3.63, 3.8) is 0 Å². The van der Waals surface area contributed by atoms with E-state index in [2.05, 4.69) is 0 Å². The third kappa shape index (κ3) is 3.52. The van der Waals surface area contributed by atoms with E-state index in [0.29, 0.717) is 22.8 Å². The monoisotopic (exact) mass is 428 g/mol. The Morgan fingerprint density at radius 2 is 1.29 bits per heavy atom. The van der Waals surface area contributed by atoms with Gasteiger partial charge in [0.2, 0.25) is 5.75 Å². The van der Waals surface area contributed by atoms with Crippen molar-refractivity contribution >= 4 is 28.6 Å². The van der Waals surface area contributed by atoms with Gasteiger partial charge in [-0.15, -0.1) is 0 Å². The second-order valence-electron chi connectivity index (χ2n) is 6.48.